The molecule has 0 unspecified atom stereocenters. The smallest absolute Gasteiger partial charge is 0.251 e. The van der Waals surface area contributed by atoms with Crippen LogP contribution in [0.5, 0.6) is 0 Å². The molecule has 0 aliphatic heterocycles. The Labute approximate surface area is 91.7 Å². The summed E-state index contributed by atoms with van der Waals surface area (Å²) in [5.41, 5.74) is -0.475. The maximum Gasteiger partial charge on any atom is 0.251 e. The van der Waals surface area contributed by atoms with Gasteiger partial charge in [-0.05, 0) is 25.3 Å². The molecule has 0 fully saturated rings. The number of carbonyl (C=O) groups is 1. The van der Waals surface area contributed by atoms with Gasteiger partial charge in [0.15, 0.2) is 0 Å². The van der Waals surface area contributed by atoms with E-state index in [9.17, 15) is 9.90 Å². The lowest BCUT2D eigenvalue weighted by Gasteiger charge is -2.16. The largest absolute Gasteiger partial charge is 0.381 e. The third-order valence-electron chi connectivity index (χ3n) is 1.69. The van der Waals surface area contributed by atoms with Crippen molar-refractivity contribution in [3.05, 3.63) is 21.3 Å². The van der Waals surface area contributed by atoms with Gasteiger partial charge < -0.3 is 10.4 Å². The number of halogens is 1. The zero-order valence-corrected chi connectivity index (χ0v) is 9.58. The van der Waals surface area contributed by atoms with Crippen LogP contribution in [0.15, 0.2) is 11.4 Å². The molecule has 1 aromatic rings. The second kappa shape index (κ2) is 4.29. The van der Waals surface area contributed by atoms with E-state index < -0.39 is 11.5 Å². The van der Waals surface area contributed by atoms with Crippen molar-refractivity contribution in [3.63, 3.8) is 0 Å². The highest BCUT2D eigenvalue weighted by molar-refractivity contribution is 7.14. The summed E-state index contributed by atoms with van der Waals surface area (Å²) in [4.78, 5) is 11.3. The van der Waals surface area contributed by atoms with Crippen LogP contribution in [0.3, 0.4) is 0 Å². The minimum Gasteiger partial charge on any atom is -0.381 e. The summed E-state index contributed by atoms with van der Waals surface area (Å²) in [6.07, 6.45) is 0. The summed E-state index contributed by atoms with van der Waals surface area (Å²) >= 11 is 7.26. The maximum absolute atomic E-state index is 11.3. The van der Waals surface area contributed by atoms with Crippen molar-refractivity contribution in [3.8, 4) is 0 Å². The topological polar surface area (TPSA) is 49.3 Å². The zero-order chi connectivity index (χ0) is 10.8. The van der Waals surface area contributed by atoms with Crippen LogP contribution in [0.1, 0.15) is 19.4 Å². The predicted octanol–water partition coefficient (Wildman–Crippen LogP) is 1.79. The van der Waals surface area contributed by atoms with Gasteiger partial charge in [0.1, 0.15) is 5.60 Å². The summed E-state index contributed by atoms with van der Waals surface area (Å²) in [5.74, 6) is -0.403. The molecule has 1 amide bonds. The quantitative estimate of drug-likeness (QED) is 0.836. The highest BCUT2D eigenvalue weighted by Gasteiger charge is 2.23. The second-order valence-corrected chi connectivity index (χ2v) is 4.98. The van der Waals surface area contributed by atoms with E-state index in [1.165, 1.54) is 25.2 Å². The van der Waals surface area contributed by atoms with Crippen LogP contribution in [-0.4, -0.2) is 16.6 Å². The van der Waals surface area contributed by atoms with Gasteiger partial charge in [-0.15, -0.1) is 11.3 Å². The Kier molecular flexibility index (Phi) is 3.53. The molecular formula is C9H12ClNO2S. The molecule has 0 bridgehead atoms. The molecule has 0 aliphatic carbocycles. The molecule has 0 saturated heterocycles. The van der Waals surface area contributed by atoms with E-state index in [1.54, 1.807) is 0 Å². The van der Waals surface area contributed by atoms with Crippen molar-refractivity contribution in [2.24, 2.45) is 0 Å². The maximum atomic E-state index is 11.3. The van der Waals surface area contributed by atoms with E-state index in [2.05, 4.69) is 5.32 Å². The van der Waals surface area contributed by atoms with Crippen LogP contribution < -0.4 is 5.32 Å². The number of hydrogen-bond donors (Lipinski definition) is 2. The van der Waals surface area contributed by atoms with Gasteiger partial charge in [0.25, 0.3) is 5.91 Å². The lowest BCUT2D eigenvalue weighted by Crippen LogP contribution is -2.41. The monoisotopic (exact) mass is 233 g/mol. The molecule has 1 rings (SSSR count). The zero-order valence-electron chi connectivity index (χ0n) is 8.00. The number of thiophene rings is 1. The summed E-state index contributed by atoms with van der Waals surface area (Å²) < 4.78 is 0.668. The SMILES string of the molecule is CC(C)(O)C(=O)NCc1ccsc1Cl. The number of nitrogens with one attached hydrogen (secondary N) is 1. The van der Waals surface area contributed by atoms with E-state index >= 15 is 0 Å². The predicted molar refractivity (Wildman–Crippen MR) is 57.5 cm³/mol. The Morgan fingerprint density at radius 3 is 2.79 bits per heavy atom. The fourth-order valence-corrected chi connectivity index (χ4v) is 1.76. The first kappa shape index (κ1) is 11.5. The van der Waals surface area contributed by atoms with Crippen molar-refractivity contribution in [2.45, 2.75) is 26.0 Å². The Balaban J connectivity index is 2.50. The van der Waals surface area contributed by atoms with Gasteiger partial charge in [0.05, 0.1) is 4.34 Å². The standard InChI is InChI=1S/C9H12ClNO2S/c1-9(2,13)8(12)11-5-6-3-4-14-7(6)10/h3-4,13H,5H2,1-2H3,(H,11,12). The lowest BCUT2D eigenvalue weighted by molar-refractivity contribution is -0.136. The number of hydrogen-bond acceptors (Lipinski definition) is 3. The Bertz CT molecular complexity index is 330. The van der Waals surface area contributed by atoms with Crippen LogP contribution in [0.25, 0.3) is 0 Å². The summed E-state index contributed by atoms with van der Waals surface area (Å²) in [5, 5.41) is 13.8. The average molecular weight is 234 g/mol. The van der Waals surface area contributed by atoms with Crippen LogP contribution >= 0.6 is 22.9 Å². The van der Waals surface area contributed by atoms with Crippen molar-refractivity contribution in [2.75, 3.05) is 0 Å². The van der Waals surface area contributed by atoms with Crippen LogP contribution in [0, 0.1) is 0 Å². The van der Waals surface area contributed by atoms with Gasteiger partial charge in [0, 0.05) is 12.1 Å². The summed E-state index contributed by atoms with van der Waals surface area (Å²) in [7, 11) is 0. The number of amides is 1. The molecule has 3 nitrogen and oxygen atoms in total. The third kappa shape index (κ3) is 2.97. The normalized spacial score (nSPS) is 11.4. The van der Waals surface area contributed by atoms with Crippen LogP contribution in [0.2, 0.25) is 4.34 Å². The molecule has 1 heterocycles. The molecule has 14 heavy (non-hydrogen) atoms. The van der Waals surface area contributed by atoms with Crippen molar-refractivity contribution < 1.29 is 9.90 Å². The minimum atomic E-state index is -1.34. The lowest BCUT2D eigenvalue weighted by atomic mass is 10.1. The molecule has 0 atom stereocenters. The van der Waals surface area contributed by atoms with E-state index in [4.69, 9.17) is 11.6 Å². The van der Waals surface area contributed by atoms with Gasteiger partial charge in [-0.2, -0.15) is 0 Å². The van der Waals surface area contributed by atoms with Crippen molar-refractivity contribution >= 4 is 28.8 Å². The van der Waals surface area contributed by atoms with E-state index in [0.717, 1.165) is 5.56 Å². The van der Waals surface area contributed by atoms with Gasteiger partial charge in [-0.3, -0.25) is 4.79 Å². The Morgan fingerprint density at radius 1 is 1.71 bits per heavy atom. The van der Waals surface area contributed by atoms with Crippen molar-refractivity contribution in [1.82, 2.24) is 5.32 Å². The molecule has 5 heteroatoms. The van der Waals surface area contributed by atoms with Gasteiger partial charge in [-0.25, -0.2) is 0 Å². The fourth-order valence-electron chi connectivity index (χ4n) is 0.837. The first-order chi connectivity index (χ1) is 6.41. The number of aliphatic hydroxyl groups is 1. The van der Waals surface area contributed by atoms with E-state index in [0.29, 0.717) is 10.9 Å². The molecule has 2 N–H and O–H groups in total. The highest BCUT2D eigenvalue weighted by Crippen LogP contribution is 2.22. The average Bonchev–Trinajstić information content (AvgIpc) is 2.45. The molecule has 78 valence electrons. The molecule has 1 aromatic heterocycles. The molecular weight excluding hydrogens is 222 g/mol. The number of carbonyl (C=O) groups excluding carboxylic acids is 1. The molecule has 0 saturated carbocycles. The molecule has 0 aliphatic rings. The molecule has 0 spiro atoms. The van der Waals surface area contributed by atoms with Gasteiger partial charge in [0.2, 0.25) is 0 Å². The summed E-state index contributed by atoms with van der Waals surface area (Å²) in [6.45, 7) is 3.24. The van der Waals surface area contributed by atoms with Crippen LogP contribution in [-0.2, 0) is 11.3 Å². The first-order valence-electron chi connectivity index (χ1n) is 4.14. The van der Waals surface area contributed by atoms with E-state index in [-0.39, 0.29) is 0 Å². The second-order valence-electron chi connectivity index (χ2n) is 3.46. The van der Waals surface area contributed by atoms with E-state index in [1.807, 2.05) is 11.4 Å². The van der Waals surface area contributed by atoms with Crippen LogP contribution in [0.4, 0.5) is 0 Å². The number of rotatable bonds is 3. The third-order valence-corrected chi connectivity index (χ3v) is 2.94. The first-order valence-corrected chi connectivity index (χ1v) is 5.39. The molecule has 0 aromatic carbocycles. The van der Waals surface area contributed by atoms with Crippen molar-refractivity contribution in [1.29, 1.82) is 0 Å². The van der Waals surface area contributed by atoms with Gasteiger partial charge in [-0.1, -0.05) is 11.6 Å². The van der Waals surface area contributed by atoms with Gasteiger partial charge >= 0.3 is 0 Å². The molecule has 0 radical (unpaired) electrons. The Morgan fingerprint density at radius 2 is 2.36 bits per heavy atom. The Hall–Kier alpha value is -0.580. The fraction of sp³-hybridized carbons (Fsp3) is 0.444. The highest BCUT2D eigenvalue weighted by atomic mass is 35.5. The summed E-state index contributed by atoms with van der Waals surface area (Å²) in [6, 6.07) is 1.84. The minimum absolute atomic E-state index is 0.352.